The number of morpholine rings is 1. The van der Waals surface area contributed by atoms with E-state index in [-0.39, 0.29) is 25.0 Å². The Morgan fingerprint density at radius 1 is 1.50 bits per heavy atom. The van der Waals surface area contributed by atoms with Gasteiger partial charge in [0.15, 0.2) is 0 Å². The van der Waals surface area contributed by atoms with Crippen LogP contribution in [0.3, 0.4) is 0 Å². The second-order valence-corrected chi connectivity index (χ2v) is 4.29. The van der Waals surface area contributed by atoms with Crippen molar-refractivity contribution in [2.24, 2.45) is 0 Å². The van der Waals surface area contributed by atoms with Gasteiger partial charge in [0.25, 0.3) is 12.3 Å². The van der Waals surface area contributed by atoms with Gasteiger partial charge < -0.3 is 10.1 Å². The molecule has 4 nitrogen and oxygen atoms in total. The van der Waals surface area contributed by atoms with Crippen LogP contribution in [-0.4, -0.2) is 55.6 Å². The summed E-state index contributed by atoms with van der Waals surface area (Å²) in [5, 5.41) is 2.82. The van der Waals surface area contributed by atoms with E-state index in [0.29, 0.717) is 13.2 Å². The molecular weight excluding hydrogens is 218 g/mol. The topological polar surface area (TPSA) is 41.6 Å². The zero-order chi connectivity index (χ0) is 11.5. The Kier molecular flexibility index (Phi) is 3.70. The molecule has 0 aromatic rings. The first-order valence-electron chi connectivity index (χ1n) is 5.57. The number of carbonyl (C=O) groups is 1. The molecule has 1 aliphatic carbocycles. The van der Waals surface area contributed by atoms with Gasteiger partial charge >= 0.3 is 0 Å². The third-order valence-electron chi connectivity index (χ3n) is 2.76. The van der Waals surface area contributed by atoms with Crippen molar-refractivity contribution < 1.29 is 18.3 Å². The summed E-state index contributed by atoms with van der Waals surface area (Å²) < 4.78 is 29.7. The van der Waals surface area contributed by atoms with Crippen LogP contribution in [0.25, 0.3) is 0 Å². The molecule has 2 fully saturated rings. The number of rotatable bonds is 4. The molecule has 92 valence electrons. The van der Waals surface area contributed by atoms with Crippen molar-refractivity contribution in [2.75, 3.05) is 26.2 Å². The second-order valence-electron chi connectivity index (χ2n) is 4.29. The maximum atomic E-state index is 12.2. The highest BCUT2D eigenvalue weighted by Crippen LogP contribution is 2.19. The average Bonchev–Trinajstić information content (AvgIpc) is 3.01. The number of alkyl halides is 2. The van der Waals surface area contributed by atoms with Gasteiger partial charge in [0, 0.05) is 19.1 Å². The molecule has 2 rings (SSSR count). The molecule has 1 unspecified atom stereocenters. The lowest BCUT2D eigenvalue weighted by molar-refractivity contribution is -0.139. The van der Waals surface area contributed by atoms with Crippen LogP contribution in [-0.2, 0) is 9.53 Å². The summed E-state index contributed by atoms with van der Waals surface area (Å²) in [4.78, 5) is 13.2. The fourth-order valence-electron chi connectivity index (χ4n) is 1.74. The molecule has 0 aromatic carbocycles. The molecule has 1 N–H and O–H groups in total. The van der Waals surface area contributed by atoms with E-state index >= 15 is 0 Å². The van der Waals surface area contributed by atoms with Gasteiger partial charge in [-0.25, -0.2) is 8.78 Å². The van der Waals surface area contributed by atoms with E-state index in [2.05, 4.69) is 5.32 Å². The number of nitrogens with one attached hydrogen (secondary N) is 1. The van der Waals surface area contributed by atoms with E-state index in [1.54, 1.807) is 4.90 Å². The van der Waals surface area contributed by atoms with E-state index in [4.69, 9.17) is 4.74 Å². The van der Waals surface area contributed by atoms with Gasteiger partial charge in [-0.3, -0.25) is 9.69 Å². The van der Waals surface area contributed by atoms with Gasteiger partial charge in [-0.2, -0.15) is 0 Å². The van der Waals surface area contributed by atoms with E-state index < -0.39 is 12.5 Å². The van der Waals surface area contributed by atoms with Gasteiger partial charge in [0.2, 0.25) is 0 Å². The zero-order valence-corrected chi connectivity index (χ0v) is 8.99. The average molecular weight is 234 g/mol. The number of carbonyl (C=O) groups excluding carboxylic acids is 1. The Hall–Kier alpha value is -0.750. The first-order chi connectivity index (χ1) is 7.65. The standard InChI is InChI=1S/C10H16F2N2O2/c11-9(12)6-14-3-4-16-8(5-14)10(15)13-7-1-2-7/h7-9H,1-6H2,(H,13,15). The molecule has 1 heterocycles. The Labute approximate surface area is 92.9 Å². The largest absolute Gasteiger partial charge is 0.366 e. The van der Waals surface area contributed by atoms with Crippen molar-refractivity contribution in [3.63, 3.8) is 0 Å². The summed E-state index contributed by atoms with van der Waals surface area (Å²) in [7, 11) is 0. The van der Waals surface area contributed by atoms with Crippen molar-refractivity contribution >= 4 is 5.91 Å². The molecule has 1 atom stereocenters. The normalized spacial score (nSPS) is 27.1. The van der Waals surface area contributed by atoms with Crippen LogP contribution in [0, 0.1) is 0 Å². The molecule has 0 spiro atoms. The Morgan fingerprint density at radius 2 is 2.25 bits per heavy atom. The molecule has 1 aliphatic heterocycles. The van der Waals surface area contributed by atoms with Crippen LogP contribution in [0.5, 0.6) is 0 Å². The van der Waals surface area contributed by atoms with Crippen molar-refractivity contribution in [3.8, 4) is 0 Å². The van der Waals surface area contributed by atoms with E-state index in [9.17, 15) is 13.6 Å². The van der Waals surface area contributed by atoms with E-state index in [1.165, 1.54) is 0 Å². The van der Waals surface area contributed by atoms with E-state index in [1.807, 2.05) is 0 Å². The van der Waals surface area contributed by atoms with Crippen LogP contribution < -0.4 is 5.32 Å². The number of halogens is 2. The van der Waals surface area contributed by atoms with Gasteiger partial charge in [-0.1, -0.05) is 0 Å². The quantitative estimate of drug-likeness (QED) is 0.757. The highest BCUT2D eigenvalue weighted by molar-refractivity contribution is 5.81. The van der Waals surface area contributed by atoms with Crippen molar-refractivity contribution in [1.82, 2.24) is 10.2 Å². The van der Waals surface area contributed by atoms with Crippen LogP contribution in [0.2, 0.25) is 0 Å². The Bertz CT molecular complexity index is 259. The number of amides is 1. The van der Waals surface area contributed by atoms with Gasteiger partial charge in [-0.05, 0) is 12.8 Å². The summed E-state index contributed by atoms with van der Waals surface area (Å²) in [6.45, 7) is 0.798. The van der Waals surface area contributed by atoms with Crippen LogP contribution in [0.4, 0.5) is 8.78 Å². The van der Waals surface area contributed by atoms with E-state index in [0.717, 1.165) is 12.8 Å². The molecule has 1 amide bonds. The maximum absolute atomic E-state index is 12.2. The van der Waals surface area contributed by atoms with Crippen molar-refractivity contribution in [1.29, 1.82) is 0 Å². The molecule has 0 bridgehead atoms. The molecule has 0 radical (unpaired) electrons. The maximum Gasteiger partial charge on any atom is 0.251 e. The number of ether oxygens (including phenoxy) is 1. The predicted molar refractivity (Wildman–Crippen MR) is 53.3 cm³/mol. The van der Waals surface area contributed by atoms with Crippen molar-refractivity contribution in [3.05, 3.63) is 0 Å². The lowest BCUT2D eigenvalue weighted by atomic mass is 10.2. The first-order valence-corrected chi connectivity index (χ1v) is 5.57. The second kappa shape index (κ2) is 5.05. The third-order valence-corrected chi connectivity index (χ3v) is 2.76. The molecule has 6 heteroatoms. The lowest BCUT2D eigenvalue weighted by Gasteiger charge is -2.31. The minimum absolute atomic E-state index is 0.165. The molecule has 2 aliphatic rings. The number of hydrogen-bond donors (Lipinski definition) is 1. The van der Waals surface area contributed by atoms with Gasteiger partial charge in [0.05, 0.1) is 13.2 Å². The zero-order valence-electron chi connectivity index (χ0n) is 8.99. The summed E-state index contributed by atoms with van der Waals surface area (Å²) in [6, 6.07) is 0.279. The van der Waals surface area contributed by atoms with Crippen LogP contribution >= 0.6 is 0 Å². The fraction of sp³-hybridized carbons (Fsp3) is 0.900. The van der Waals surface area contributed by atoms with Crippen LogP contribution in [0.15, 0.2) is 0 Å². The molecule has 16 heavy (non-hydrogen) atoms. The highest BCUT2D eigenvalue weighted by Gasteiger charge is 2.31. The third kappa shape index (κ3) is 3.38. The molecule has 0 aromatic heterocycles. The minimum atomic E-state index is -2.36. The summed E-state index contributed by atoms with van der Waals surface area (Å²) in [5.74, 6) is -0.165. The predicted octanol–water partition coefficient (Wildman–Crippen LogP) is 0.231. The van der Waals surface area contributed by atoms with Crippen molar-refractivity contribution in [2.45, 2.75) is 31.4 Å². The summed E-state index contributed by atoms with van der Waals surface area (Å²) in [5.41, 5.74) is 0. The molecule has 1 saturated heterocycles. The monoisotopic (exact) mass is 234 g/mol. The summed E-state index contributed by atoms with van der Waals surface area (Å²) in [6.07, 6.45) is -0.920. The fourth-order valence-corrected chi connectivity index (χ4v) is 1.74. The SMILES string of the molecule is O=C(NC1CC1)C1CN(CC(F)F)CCO1. The highest BCUT2D eigenvalue weighted by atomic mass is 19.3. The summed E-state index contributed by atoms with van der Waals surface area (Å²) >= 11 is 0. The first kappa shape index (κ1) is 11.7. The minimum Gasteiger partial charge on any atom is -0.366 e. The lowest BCUT2D eigenvalue weighted by Crippen LogP contribution is -2.51. The molecule has 1 saturated carbocycles. The Morgan fingerprint density at radius 3 is 2.88 bits per heavy atom. The number of hydrogen-bond acceptors (Lipinski definition) is 3. The molecular formula is C10H16F2N2O2. The van der Waals surface area contributed by atoms with Gasteiger partial charge in [-0.15, -0.1) is 0 Å². The van der Waals surface area contributed by atoms with Gasteiger partial charge in [0.1, 0.15) is 6.10 Å². The van der Waals surface area contributed by atoms with Crippen LogP contribution in [0.1, 0.15) is 12.8 Å². The Balaban J connectivity index is 1.78. The number of nitrogens with zero attached hydrogens (tertiary/aromatic N) is 1. The smallest absolute Gasteiger partial charge is 0.251 e.